The molecular weight excluding hydrogens is 419 g/mol. The average molecular weight is 434 g/mol. The van der Waals surface area contributed by atoms with Gasteiger partial charge in [-0.25, -0.2) is 18.2 Å². The Morgan fingerprint density at radius 2 is 1.80 bits per heavy atom. The largest absolute Gasteiger partial charge is 0.326 e. The average Bonchev–Trinajstić information content (AvgIpc) is 2.68. The highest BCUT2D eigenvalue weighted by Gasteiger charge is 2.18. The Balaban J connectivity index is 1.83. The Bertz CT molecular complexity index is 1120. The van der Waals surface area contributed by atoms with Crippen LogP contribution in [0.15, 0.2) is 54.7 Å². The maximum atomic E-state index is 13.6. The molecule has 2 amide bonds. The number of carbonyl (C=O) groups is 2. The SMILES string of the molecule is CC(=O)N(c1ccc(F)c(F)c1)c1cc(NC(=O)Cc2cccc(F)c2Cl)ccn1. The van der Waals surface area contributed by atoms with Crippen molar-refractivity contribution in [2.75, 3.05) is 10.2 Å². The molecule has 154 valence electrons. The second-order valence-corrected chi connectivity index (χ2v) is 6.67. The Kier molecular flexibility index (Phi) is 6.37. The number of pyridine rings is 1. The van der Waals surface area contributed by atoms with Crippen LogP contribution in [0.25, 0.3) is 0 Å². The van der Waals surface area contributed by atoms with Gasteiger partial charge >= 0.3 is 0 Å². The van der Waals surface area contributed by atoms with Crippen molar-refractivity contribution in [1.82, 2.24) is 4.98 Å². The van der Waals surface area contributed by atoms with Crippen LogP contribution in [0, 0.1) is 17.5 Å². The van der Waals surface area contributed by atoms with Crippen LogP contribution in [0.5, 0.6) is 0 Å². The zero-order valence-electron chi connectivity index (χ0n) is 15.6. The lowest BCUT2D eigenvalue weighted by Gasteiger charge is -2.21. The van der Waals surface area contributed by atoms with Crippen molar-refractivity contribution in [1.29, 1.82) is 0 Å². The lowest BCUT2D eigenvalue weighted by atomic mass is 10.1. The third kappa shape index (κ3) is 4.77. The van der Waals surface area contributed by atoms with E-state index in [-0.39, 0.29) is 22.9 Å². The molecule has 1 N–H and O–H groups in total. The second-order valence-electron chi connectivity index (χ2n) is 6.29. The predicted molar refractivity (Wildman–Crippen MR) is 107 cm³/mol. The zero-order chi connectivity index (χ0) is 21.8. The van der Waals surface area contributed by atoms with Crippen molar-refractivity contribution in [2.45, 2.75) is 13.3 Å². The fourth-order valence-corrected chi connectivity index (χ4v) is 2.97. The summed E-state index contributed by atoms with van der Waals surface area (Å²) in [5.74, 6) is -3.67. The highest BCUT2D eigenvalue weighted by molar-refractivity contribution is 6.31. The molecule has 2 aromatic carbocycles. The molecule has 0 aliphatic rings. The number of nitrogens with one attached hydrogen (secondary N) is 1. The molecule has 0 unspecified atom stereocenters. The maximum absolute atomic E-state index is 13.6. The summed E-state index contributed by atoms with van der Waals surface area (Å²) < 4.78 is 40.4. The van der Waals surface area contributed by atoms with Gasteiger partial charge in [0.25, 0.3) is 0 Å². The van der Waals surface area contributed by atoms with Gasteiger partial charge in [-0.15, -0.1) is 0 Å². The van der Waals surface area contributed by atoms with E-state index in [1.807, 2.05) is 0 Å². The summed E-state index contributed by atoms with van der Waals surface area (Å²) in [6.07, 6.45) is 1.17. The van der Waals surface area contributed by atoms with E-state index in [1.54, 1.807) is 0 Å². The van der Waals surface area contributed by atoms with Gasteiger partial charge in [0.15, 0.2) is 11.6 Å². The van der Waals surface area contributed by atoms with E-state index < -0.39 is 29.3 Å². The van der Waals surface area contributed by atoms with Gasteiger partial charge < -0.3 is 5.32 Å². The lowest BCUT2D eigenvalue weighted by molar-refractivity contribution is -0.116. The minimum atomic E-state index is -1.12. The number of aromatic nitrogens is 1. The van der Waals surface area contributed by atoms with Crippen LogP contribution in [-0.4, -0.2) is 16.8 Å². The second kappa shape index (κ2) is 8.96. The fourth-order valence-electron chi connectivity index (χ4n) is 2.78. The molecule has 0 spiro atoms. The minimum absolute atomic E-state index is 0.0731. The van der Waals surface area contributed by atoms with E-state index in [9.17, 15) is 22.8 Å². The molecule has 0 aliphatic carbocycles. The molecule has 3 aromatic rings. The summed E-state index contributed by atoms with van der Waals surface area (Å²) in [5.41, 5.74) is 0.686. The molecular formula is C21H15ClF3N3O2. The first-order valence-electron chi connectivity index (χ1n) is 8.71. The Morgan fingerprint density at radius 3 is 2.50 bits per heavy atom. The molecule has 0 aliphatic heterocycles. The van der Waals surface area contributed by atoms with Crippen LogP contribution in [-0.2, 0) is 16.0 Å². The summed E-state index contributed by atoms with van der Waals surface area (Å²) in [4.78, 5) is 29.6. The molecule has 0 atom stereocenters. The van der Waals surface area contributed by atoms with Gasteiger partial charge in [0.2, 0.25) is 11.8 Å². The van der Waals surface area contributed by atoms with Crippen molar-refractivity contribution in [3.05, 3.63) is 82.8 Å². The summed E-state index contributed by atoms with van der Waals surface area (Å²) in [6.45, 7) is 1.24. The smallest absolute Gasteiger partial charge is 0.229 e. The predicted octanol–water partition coefficient (Wildman–Crippen LogP) is 5.02. The number of amides is 2. The number of nitrogens with zero attached hydrogens (tertiary/aromatic N) is 2. The van der Waals surface area contributed by atoms with Gasteiger partial charge in [-0.2, -0.15) is 0 Å². The van der Waals surface area contributed by atoms with E-state index in [4.69, 9.17) is 11.6 Å². The third-order valence-corrected chi connectivity index (χ3v) is 4.54. The van der Waals surface area contributed by atoms with Crippen molar-refractivity contribution < 1.29 is 22.8 Å². The molecule has 30 heavy (non-hydrogen) atoms. The van der Waals surface area contributed by atoms with E-state index >= 15 is 0 Å². The van der Waals surface area contributed by atoms with E-state index in [2.05, 4.69) is 10.3 Å². The molecule has 0 radical (unpaired) electrons. The fraction of sp³-hybridized carbons (Fsp3) is 0.0952. The van der Waals surface area contributed by atoms with Crippen LogP contribution in [0.4, 0.5) is 30.4 Å². The van der Waals surface area contributed by atoms with Gasteiger partial charge in [-0.3, -0.25) is 14.5 Å². The first kappa shape index (κ1) is 21.3. The molecule has 0 saturated carbocycles. The summed E-state index contributed by atoms with van der Waals surface area (Å²) in [6, 6.07) is 10.0. The minimum Gasteiger partial charge on any atom is -0.326 e. The highest BCUT2D eigenvalue weighted by atomic mass is 35.5. The zero-order valence-corrected chi connectivity index (χ0v) is 16.4. The quantitative estimate of drug-likeness (QED) is 0.614. The van der Waals surface area contributed by atoms with Crippen molar-refractivity contribution in [3.63, 3.8) is 0 Å². The molecule has 3 rings (SSSR count). The Labute approximate surface area is 175 Å². The monoisotopic (exact) mass is 433 g/mol. The lowest BCUT2D eigenvalue weighted by Crippen LogP contribution is -2.24. The standard InChI is InChI=1S/C21H15ClF3N3O2/c1-12(29)28(15-5-6-16(23)18(25)11-15)19-10-14(7-8-26-19)27-20(30)9-13-3-2-4-17(24)21(13)22/h2-8,10-11H,9H2,1H3,(H,26,27,30). The Morgan fingerprint density at radius 1 is 1.03 bits per heavy atom. The molecule has 1 aromatic heterocycles. The highest BCUT2D eigenvalue weighted by Crippen LogP contribution is 2.27. The van der Waals surface area contributed by atoms with Crippen LogP contribution in [0.2, 0.25) is 5.02 Å². The van der Waals surface area contributed by atoms with Gasteiger partial charge in [0, 0.05) is 30.9 Å². The van der Waals surface area contributed by atoms with Crippen molar-refractivity contribution in [2.24, 2.45) is 0 Å². The number of benzene rings is 2. The van der Waals surface area contributed by atoms with Crippen molar-refractivity contribution in [3.8, 4) is 0 Å². The number of carbonyl (C=O) groups excluding carboxylic acids is 2. The Hall–Kier alpha value is -3.39. The van der Waals surface area contributed by atoms with Crippen LogP contribution in [0.3, 0.4) is 0 Å². The summed E-state index contributed by atoms with van der Waals surface area (Å²) >= 11 is 5.87. The van der Waals surface area contributed by atoms with E-state index in [1.165, 1.54) is 49.5 Å². The van der Waals surface area contributed by atoms with Gasteiger partial charge in [-0.1, -0.05) is 23.7 Å². The van der Waals surface area contributed by atoms with E-state index in [0.29, 0.717) is 11.3 Å². The molecule has 1 heterocycles. The normalized spacial score (nSPS) is 10.6. The number of anilines is 3. The number of hydrogen-bond donors (Lipinski definition) is 1. The molecule has 0 saturated heterocycles. The molecule has 0 fully saturated rings. The maximum Gasteiger partial charge on any atom is 0.229 e. The third-order valence-electron chi connectivity index (χ3n) is 4.12. The number of hydrogen-bond acceptors (Lipinski definition) is 3. The molecule has 9 heteroatoms. The van der Waals surface area contributed by atoms with Crippen LogP contribution < -0.4 is 10.2 Å². The number of halogens is 4. The first-order valence-corrected chi connectivity index (χ1v) is 9.08. The van der Waals surface area contributed by atoms with E-state index in [0.717, 1.165) is 17.0 Å². The topological polar surface area (TPSA) is 62.3 Å². The molecule has 0 bridgehead atoms. The summed E-state index contributed by atoms with van der Waals surface area (Å²) in [5, 5.41) is 2.48. The van der Waals surface area contributed by atoms with Gasteiger partial charge in [-0.05, 0) is 29.8 Å². The summed E-state index contributed by atoms with van der Waals surface area (Å²) in [7, 11) is 0. The van der Waals surface area contributed by atoms with Crippen molar-refractivity contribution >= 4 is 40.6 Å². The van der Waals surface area contributed by atoms with Gasteiger partial charge in [0.1, 0.15) is 11.6 Å². The van der Waals surface area contributed by atoms with Crippen LogP contribution in [0.1, 0.15) is 12.5 Å². The molecule has 5 nitrogen and oxygen atoms in total. The van der Waals surface area contributed by atoms with Gasteiger partial charge in [0.05, 0.1) is 17.1 Å². The van der Waals surface area contributed by atoms with Crippen LogP contribution >= 0.6 is 11.6 Å². The number of rotatable bonds is 5. The first-order chi connectivity index (χ1) is 14.3.